The van der Waals surface area contributed by atoms with E-state index in [0.717, 1.165) is 6.42 Å². The van der Waals surface area contributed by atoms with E-state index in [1.807, 2.05) is 6.92 Å². The molecule has 2 unspecified atom stereocenters. The van der Waals surface area contributed by atoms with Crippen LogP contribution in [0.5, 0.6) is 0 Å². The van der Waals surface area contributed by atoms with E-state index in [1.54, 1.807) is 0 Å². The number of hydrogen-bond donors (Lipinski definition) is 3. The summed E-state index contributed by atoms with van der Waals surface area (Å²) in [4.78, 5) is 11.1. The molecule has 0 aliphatic carbocycles. The monoisotopic (exact) mass is 210 g/mol. The lowest BCUT2D eigenvalue weighted by Gasteiger charge is -2.13. The summed E-state index contributed by atoms with van der Waals surface area (Å²) in [6, 6.07) is -0.690. The Morgan fingerprint density at radius 2 is 2.14 bits per heavy atom. The molecule has 4 N–H and O–H groups in total. The van der Waals surface area contributed by atoms with Crippen LogP contribution in [-0.2, 0) is 4.79 Å². The first-order valence-electron chi connectivity index (χ1n) is 4.48. The van der Waals surface area contributed by atoms with Crippen molar-refractivity contribution in [1.82, 2.24) is 5.32 Å². The highest BCUT2D eigenvalue weighted by atomic mass is 19.3. The summed E-state index contributed by atoms with van der Waals surface area (Å²) in [6.07, 6.45) is -3.44. The van der Waals surface area contributed by atoms with Gasteiger partial charge in [0.05, 0.1) is 6.04 Å². The van der Waals surface area contributed by atoms with Gasteiger partial charge in [-0.25, -0.2) is 8.78 Å². The first-order chi connectivity index (χ1) is 6.49. The predicted octanol–water partition coefficient (Wildman–Crippen LogP) is -0.144. The van der Waals surface area contributed by atoms with Crippen molar-refractivity contribution in [2.24, 2.45) is 5.73 Å². The van der Waals surface area contributed by atoms with Crippen LogP contribution in [0.3, 0.4) is 0 Å². The van der Waals surface area contributed by atoms with Crippen LogP contribution in [0.25, 0.3) is 0 Å². The van der Waals surface area contributed by atoms with Gasteiger partial charge in [-0.3, -0.25) is 4.79 Å². The zero-order chi connectivity index (χ0) is 11.1. The second kappa shape index (κ2) is 6.67. The van der Waals surface area contributed by atoms with Crippen molar-refractivity contribution in [3.05, 3.63) is 0 Å². The number of hydrogen-bond acceptors (Lipinski definition) is 3. The molecule has 2 atom stereocenters. The largest absolute Gasteiger partial charge is 0.385 e. The van der Waals surface area contributed by atoms with Gasteiger partial charge in [0.2, 0.25) is 5.91 Å². The molecule has 0 aromatic carbocycles. The Labute approximate surface area is 81.5 Å². The summed E-state index contributed by atoms with van der Waals surface area (Å²) in [5.74, 6) is -0.508. The minimum absolute atomic E-state index is 0.464. The maximum Gasteiger partial charge on any atom is 0.265 e. The lowest BCUT2D eigenvalue weighted by atomic mass is 10.1. The topological polar surface area (TPSA) is 75.4 Å². The number of amides is 1. The Morgan fingerprint density at radius 1 is 1.57 bits per heavy atom. The Morgan fingerprint density at radius 3 is 2.57 bits per heavy atom. The van der Waals surface area contributed by atoms with Gasteiger partial charge in [0.15, 0.2) is 0 Å². The normalized spacial score (nSPS) is 15.3. The number of rotatable bonds is 6. The fraction of sp³-hybridized carbons (Fsp3) is 0.875. The standard InChI is InChI=1S/C8H16F2N2O2/c1-2-3-5(11)8(14)12-4-6(13)7(9)10/h5-7,13H,2-4,11H2,1H3,(H,12,14). The summed E-state index contributed by atoms with van der Waals surface area (Å²) in [7, 11) is 0. The number of carbonyl (C=O) groups excluding carboxylic acids is 1. The summed E-state index contributed by atoms with van der Waals surface area (Å²) in [5.41, 5.74) is 5.41. The van der Waals surface area contributed by atoms with Gasteiger partial charge in [0.25, 0.3) is 6.43 Å². The third-order valence-electron chi connectivity index (χ3n) is 1.71. The Balaban J connectivity index is 3.73. The third-order valence-corrected chi connectivity index (χ3v) is 1.71. The van der Waals surface area contributed by atoms with E-state index < -0.39 is 31.0 Å². The molecule has 0 radical (unpaired) electrons. The summed E-state index contributed by atoms with van der Waals surface area (Å²) in [6.45, 7) is 1.40. The van der Waals surface area contributed by atoms with Crippen molar-refractivity contribution < 1.29 is 18.7 Å². The fourth-order valence-electron chi connectivity index (χ4n) is 0.867. The molecule has 0 bridgehead atoms. The first-order valence-corrected chi connectivity index (χ1v) is 4.48. The average Bonchev–Trinajstić information content (AvgIpc) is 2.13. The number of aliphatic hydroxyl groups is 1. The van der Waals surface area contributed by atoms with Gasteiger partial charge in [-0.1, -0.05) is 13.3 Å². The molecule has 0 rings (SSSR count). The minimum atomic E-state index is -2.85. The van der Waals surface area contributed by atoms with Crippen molar-refractivity contribution in [3.8, 4) is 0 Å². The lowest BCUT2D eigenvalue weighted by molar-refractivity contribution is -0.123. The van der Waals surface area contributed by atoms with Crippen LogP contribution in [0.15, 0.2) is 0 Å². The van der Waals surface area contributed by atoms with E-state index in [9.17, 15) is 13.6 Å². The van der Waals surface area contributed by atoms with Gasteiger partial charge in [-0.15, -0.1) is 0 Å². The van der Waals surface area contributed by atoms with Gasteiger partial charge in [0.1, 0.15) is 6.10 Å². The van der Waals surface area contributed by atoms with Gasteiger partial charge in [0, 0.05) is 6.54 Å². The van der Waals surface area contributed by atoms with Crippen LogP contribution < -0.4 is 11.1 Å². The predicted molar refractivity (Wildman–Crippen MR) is 47.9 cm³/mol. The number of alkyl halides is 2. The molecule has 0 aliphatic heterocycles. The second-order valence-electron chi connectivity index (χ2n) is 3.04. The van der Waals surface area contributed by atoms with E-state index in [2.05, 4.69) is 5.32 Å². The van der Waals surface area contributed by atoms with E-state index >= 15 is 0 Å². The highest BCUT2D eigenvalue weighted by molar-refractivity contribution is 5.81. The Hall–Kier alpha value is -0.750. The molecule has 0 fully saturated rings. The second-order valence-corrected chi connectivity index (χ2v) is 3.04. The van der Waals surface area contributed by atoms with E-state index in [-0.39, 0.29) is 0 Å². The highest BCUT2D eigenvalue weighted by Gasteiger charge is 2.19. The fourth-order valence-corrected chi connectivity index (χ4v) is 0.867. The SMILES string of the molecule is CCCC(N)C(=O)NCC(O)C(F)F. The van der Waals surface area contributed by atoms with Crippen molar-refractivity contribution in [2.45, 2.75) is 38.3 Å². The van der Waals surface area contributed by atoms with Crippen LogP contribution in [0, 0.1) is 0 Å². The molecule has 0 aliphatic rings. The molecule has 84 valence electrons. The molecule has 0 saturated heterocycles. The molecule has 6 heteroatoms. The maximum atomic E-state index is 11.8. The molecular weight excluding hydrogens is 194 g/mol. The zero-order valence-electron chi connectivity index (χ0n) is 8.04. The number of nitrogens with two attached hydrogens (primary N) is 1. The number of halogens is 2. The maximum absolute atomic E-state index is 11.8. The molecule has 1 amide bonds. The number of carbonyl (C=O) groups is 1. The van der Waals surface area contributed by atoms with Gasteiger partial charge >= 0.3 is 0 Å². The summed E-state index contributed by atoms with van der Waals surface area (Å²) >= 11 is 0. The van der Waals surface area contributed by atoms with Crippen LogP contribution in [-0.4, -0.2) is 36.1 Å². The Kier molecular flexibility index (Phi) is 6.31. The highest BCUT2D eigenvalue weighted by Crippen LogP contribution is 1.99. The van der Waals surface area contributed by atoms with Crippen LogP contribution in [0.1, 0.15) is 19.8 Å². The molecule has 0 aromatic heterocycles. The lowest BCUT2D eigenvalue weighted by Crippen LogP contribution is -2.44. The summed E-state index contributed by atoms with van der Waals surface area (Å²) in [5, 5.41) is 10.8. The number of aliphatic hydroxyl groups excluding tert-OH is 1. The average molecular weight is 210 g/mol. The Bertz CT molecular complexity index is 179. The van der Waals surface area contributed by atoms with Crippen LogP contribution >= 0.6 is 0 Å². The molecular formula is C8H16F2N2O2. The third kappa shape index (κ3) is 5.08. The molecule has 0 saturated carbocycles. The minimum Gasteiger partial charge on any atom is -0.385 e. The smallest absolute Gasteiger partial charge is 0.265 e. The van der Waals surface area contributed by atoms with E-state index in [4.69, 9.17) is 10.8 Å². The molecule has 14 heavy (non-hydrogen) atoms. The van der Waals surface area contributed by atoms with E-state index in [0.29, 0.717) is 6.42 Å². The van der Waals surface area contributed by atoms with Gasteiger partial charge in [-0.2, -0.15) is 0 Å². The van der Waals surface area contributed by atoms with Crippen LogP contribution in [0.4, 0.5) is 8.78 Å². The summed E-state index contributed by atoms with van der Waals surface area (Å²) < 4.78 is 23.6. The van der Waals surface area contributed by atoms with Crippen molar-refractivity contribution in [3.63, 3.8) is 0 Å². The molecule has 0 heterocycles. The van der Waals surface area contributed by atoms with Crippen molar-refractivity contribution in [2.75, 3.05) is 6.54 Å². The van der Waals surface area contributed by atoms with Crippen LogP contribution in [0.2, 0.25) is 0 Å². The first kappa shape index (κ1) is 13.2. The molecule has 4 nitrogen and oxygen atoms in total. The zero-order valence-corrected chi connectivity index (χ0v) is 8.04. The molecule has 0 spiro atoms. The van der Waals surface area contributed by atoms with Gasteiger partial charge < -0.3 is 16.2 Å². The van der Waals surface area contributed by atoms with Crippen molar-refractivity contribution >= 4 is 5.91 Å². The quantitative estimate of drug-likeness (QED) is 0.571. The van der Waals surface area contributed by atoms with Gasteiger partial charge in [-0.05, 0) is 6.42 Å². The molecule has 0 aromatic rings. The van der Waals surface area contributed by atoms with E-state index in [1.165, 1.54) is 0 Å². The number of nitrogens with one attached hydrogen (secondary N) is 1. The van der Waals surface area contributed by atoms with Crippen molar-refractivity contribution in [1.29, 1.82) is 0 Å².